The maximum absolute atomic E-state index is 13.9. The van der Waals surface area contributed by atoms with Crippen LogP contribution in [0.3, 0.4) is 0 Å². The Morgan fingerprint density at radius 1 is 1.09 bits per heavy atom. The highest BCUT2D eigenvalue weighted by Gasteiger charge is 2.36. The number of hydrogen-bond donors (Lipinski definition) is 2. The Kier molecular flexibility index (Phi) is 11.7. The van der Waals surface area contributed by atoms with Gasteiger partial charge in [0, 0.05) is 6.54 Å². The maximum atomic E-state index is 13.9. The molecule has 0 saturated heterocycles. The van der Waals surface area contributed by atoms with Crippen molar-refractivity contribution in [3.8, 4) is 0 Å². The van der Waals surface area contributed by atoms with Gasteiger partial charge in [-0.25, -0.2) is 4.79 Å². The zero-order valence-corrected chi connectivity index (χ0v) is 22.3. The number of alkyl carbamates (subject to hydrolysis) is 1. The third-order valence-electron chi connectivity index (χ3n) is 5.12. The van der Waals surface area contributed by atoms with Crippen molar-refractivity contribution in [1.82, 2.24) is 15.5 Å². The van der Waals surface area contributed by atoms with Gasteiger partial charge in [0.05, 0.1) is 7.11 Å². The van der Waals surface area contributed by atoms with Crippen LogP contribution in [0, 0.1) is 12.8 Å². The summed E-state index contributed by atoms with van der Waals surface area (Å²) in [5.74, 6) is -1.41. The lowest BCUT2D eigenvalue weighted by Crippen LogP contribution is -2.54. The SMILES string of the molecule is CCCN(C(=O)C(CC(C)C)NC(=O)OC(C)(C)C)C(C(=O)NCC(=O)OC)c1ccccc1C. The van der Waals surface area contributed by atoms with Gasteiger partial charge in [-0.2, -0.15) is 0 Å². The Morgan fingerprint density at radius 2 is 1.71 bits per heavy atom. The zero-order valence-electron chi connectivity index (χ0n) is 22.3. The molecule has 0 radical (unpaired) electrons. The van der Waals surface area contributed by atoms with E-state index < -0.39 is 41.6 Å². The minimum atomic E-state index is -0.997. The van der Waals surface area contributed by atoms with Crippen LogP contribution in [0.1, 0.15) is 71.6 Å². The molecule has 0 fully saturated rings. The molecule has 9 nitrogen and oxygen atoms in total. The van der Waals surface area contributed by atoms with E-state index in [-0.39, 0.29) is 19.0 Å². The Bertz CT molecular complexity index is 878. The lowest BCUT2D eigenvalue weighted by atomic mass is 9.96. The molecule has 0 aliphatic carbocycles. The third kappa shape index (κ3) is 9.96. The highest BCUT2D eigenvalue weighted by Crippen LogP contribution is 2.26. The molecule has 35 heavy (non-hydrogen) atoms. The summed E-state index contributed by atoms with van der Waals surface area (Å²) in [6.07, 6.45) is 0.248. The molecule has 2 N–H and O–H groups in total. The van der Waals surface area contributed by atoms with Gasteiger partial charge in [-0.1, -0.05) is 45.0 Å². The average molecular weight is 492 g/mol. The average Bonchev–Trinajstić information content (AvgIpc) is 2.75. The first kappa shape index (κ1) is 29.9. The molecular formula is C26H41N3O6. The number of nitrogens with zero attached hydrogens (tertiary/aromatic N) is 1. The summed E-state index contributed by atoms with van der Waals surface area (Å²) in [7, 11) is 1.24. The van der Waals surface area contributed by atoms with E-state index in [4.69, 9.17) is 4.74 Å². The van der Waals surface area contributed by atoms with Crippen molar-refractivity contribution in [3.63, 3.8) is 0 Å². The minimum Gasteiger partial charge on any atom is -0.468 e. The summed E-state index contributed by atoms with van der Waals surface area (Å²) in [5.41, 5.74) is 0.730. The molecule has 2 unspecified atom stereocenters. The van der Waals surface area contributed by atoms with Gasteiger partial charge in [0.1, 0.15) is 24.2 Å². The predicted octanol–water partition coefficient (Wildman–Crippen LogP) is 3.50. The van der Waals surface area contributed by atoms with E-state index in [0.29, 0.717) is 18.4 Å². The number of methoxy groups -OCH3 is 1. The molecule has 0 spiro atoms. The van der Waals surface area contributed by atoms with Gasteiger partial charge in [-0.05, 0) is 57.6 Å². The van der Waals surface area contributed by atoms with Crippen molar-refractivity contribution in [2.45, 2.75) is 79.0 Å². The lowest BCUT2D eigenvalue weighted by Gasteiger charge is -2.35. The molecule has 9 heteroatoms. The highest BCUT2D eigenvalue weighted by molar-refractivity contribution is 5.93. The first-order valence-corrected chi connectivity index (χ1v) is 12.0. The van der Waals surface area contributed by atoms with Crippen LogP contribution >= 0.6 is 0 Å². The second-order valence-electron chi connectivity index (χ2n) is 9.91. The van der Waals surface area contributed by atoms with E-state index in [2.05, 4.69) is 15.4 Å². The molecule has 0 aromatic heterocycles. The summed E-state index contributed by atoms with van der Waals surface area (Å²) in [4.78, 5) is 52.9. The zero-order chi connectivity index (χ0) is 26.8. The molecule has 0 aliphatic heterocycles. The van der Waals surface area contributed by atoms with Gasteiger partial charge >= 0.3 is 12.1 Å². The van der Waals surface area contributed by atoms with Crippen molar-refractivity contribution >= 4 is 23.9 Å². The Balaban J connectivity index is 3.42. The topological polar surface area (TPSA) is 114 Å². The van der Waals surface area contributed by atoms with Crippen molar-refractivity contribution in [2.75, 3.05) is 20.2 Å². The number of nitrogens with one attached hydrogen (secondary N) is 2. The number of ether oxygens (including phenoxy) is 2. The van der Waals surface area contributed by atoms with Crippen LogP contribution in [0.5, 0.6) is 0 Å². The van der Waals surface area contributed by atoms with E-state index in [1.54, 1.807) is 32.9 Å². The number of hydrogen-bond acceptors (Lipinski definition) is 6. The number of amides is 3. The molecule has 0 heterocycles. The highest BCUT2D eigenvalue weighted by atomic mass is 16.6. The number of carbonyl (C=O) groups is 4. The Labute approximate surface area is 208 Å². The fourth-order valence-electron chi connectivity index (χ4n) is 3.62. The lowest BCUT2D eigenvalue weighted by molar-refractivity contribution is -0.145. The van der Waals surface area contributed by atoms with Crippen LogP contribution in [0.15, 0.2) is 24.3 Å². The Morgan fingerprint density at radius 3 is 2.23 bits per heavy atom. The second kappa shape index (κ2) is 13.7. The van der Waals surface area contributed by atoms with Crippen molar-refractivity contribution in [3.05, 3.63) is 35.4 Å². The van der Waals surface area contributed by atoms with E-state index in [9.17, 15) is 19.2 Å². The maximum Gasteiger partial charge on any atom is 0.408 e. The fourth-order valence-corrected chi connectivity index (χ4v) is 3.62. The monoisotopic (exact) mass is 491 g/mol. The van der Waals surface area contributed by atoms with E-state index in [1.807, 2.05) is 39.8 Å². The van der Waals surface area contributed by atoms with Gasteiger partial charge in [0.2, 0.25) is 11.8 Å². The van der Waals surface area contributed by atoms with Crippen LogP contribution < -0.4 is 10.6 Å². The number of aryl methyl sites for hydroxylation is 1. The molecular weight excluding hydrogens is 450 g/mol. The van der Waals surface area contributed by atoms with Crippen LogP contribution in [-0.4, -0.2) is 60.6 Å². The number of rotatable bonds is 11. The van der Waals surface area contributed by atoms with Crippen molar-refractivity contribution < 1.29 is 28.7 Å². The summed E-state index contributed by atoms with van der Waals surface area (Å²) in [6, 6.07) is 5.39. The minimum absolute atomic E-state index is 0.0902. The smallest absolute Gasteiger partial charge is 0.408 e. The van der Waals surface area contributed by atoms with Crippen LogP contribution in [0.4, 0.5) is 4.79 Å². The van der Waals surface area contributed by atoms with E-state index in [0.717, 1.165) is 5.56 Å². The summed E-state index contributed by atoms with van der Waals surface area (Å²) >= 11 is 0. The van der Waals surface area contributed by atoms with Crippen molar-refractivity contribution in [1.29, 1.82) is 0 Å². The number of esters is 1. The number of benzene rings is 1. The van der Waals surface area contributed by atoms with E-state index >= 15 is 0 Å². The second-order valence-corrected chi connectivity index (χ2v) is 9.91. The Hall–Kier alpha value is -3.10. The molecule has 196 valence electrons. The predicted molar refractivity (Wildman–Crippen MR) is 134 cm³/mol. The number of carbonyl (C=O) groups excluding carboxylic acids is 4. The van der Waals surface area contributed by atoms with Crippen LogP contribution in [0.2, 0.25) is 0 Å². The first-order chi connectivity index (χ1) is 16.3. The molecule has 0 aliphatic rings. The quantitative estimate of drug-likeness (QED) is 0.458. The largest absolute Gasteiger partial charge is 0.468 e. The van der Waals surface area contributed by atoms with Gasteiger partial charge in [-0.3, -0.25) is 14.4 Å². The first-order valence-electron chi connectivity index (χ1n) is 12.0. The molecule has 1 rings (SSSR count). The molecule has 2 atom stereocenters. The van der Waals surface area contributed by atoms with Gasteiger partial charge < -0.3 is 25.0 Å². The van der Waals surface area contributed by atoms with Crippen molar-refractivity contribution in [2.24, 2.45) is 5.92 Å². The van der Waals surface area contributed by atoms with Gasteiger partial charge in [-0.15, -0.1) is 0 Å². The molecule has 3 amide bonds. The molecule has 1 aromatic carbocycles. The normalized spacial score (nSPS) is 12.9. The van der Waals surface area contributed by atoms with Crippen LogP contribution in [0.25, 0.3) is 0 Å². The van der Waals surface area contributed by atoms with Crippen LogP contribution in [-0.2, 0) is 23.9 Å². The molecule has 0 bridgehead atoms. The summed E-state index contributed by atoms with van der Waals surface area (Å²) in [6.45, 7) is 12.8. The molecule has 0 saturated carbocycles. The van der Waals surface area contributed by atoms with Gasteiger partial charge in [0.15, 0.2) is 0 Å². The standard InChI is InChI=1S/C26H41N3O6/c1-9-14-29(24(32)20(15-17(2)3)28-25(33)35-26(5,6)7)22(19-13-11-10-12-18(19)4)23(31)27-16-21(30)34-8/h10-13,17,20,22H,9,14-16H2,1-8H3,(H,27,31)(H,28,33). The summed E-state index contributed by atoms with van der Waals surface area (Å²) in [5, 5.41) is 5.29. The van der Waals surface area contributed by atoms with Gasteiger partial charge in [0.25, 0.3) is 0 Å². The fraction of sp³-hybridized carbons (Fsp3) is 0.615. The molecule has 1 aromatic rings. The summed E-state index contributed by atoms with van der Waals surface area (Å²) < 4.78 is 10.0. The third-order valence-corrected chi connectivity index (χ3v) is 5.12. The van der Waals surface area contributed by atoms with E-state index in [1.165, 1.54) is 12.0 Å².